The molecule has 2 aromatic carbocycles. The number of anilines is 2. The molecule has 0 aliphatic carbocycles. The van der Waals surface area contributed by atoms with Crippen molar-refractivity contribution in [2.45, 2.75) is 39.2 Å². The molecule has 4 rings (SSSR count). The molecule has 1 fully saturated rings. The number of hydrogen-bond donors (Lipinski definition) is 0. The first kappa shape index (κ1) is 24.1. The van der Waals surface area contributed by atoms with Gasteiger partial charge in [-0.1, -0.05) is 29.8 Å². The molecule has 0 N–H and O–H groups in total. The molecule has 0 bridgehead atoms. The summed E-state index contributed by atoms with van der Waals surface area (Å²) in [6.45, 7) is 4.80. The van der Waals surface area contributed by atoms with Crippen LogP contribution in [-0.4, -0.2) is 55.5 Å². The second kappa shape index (κ2) is 10.9. The molecule has 2 aromatic rings. The summed E-state index contributed by atoms with van der Waals surface area (Å²) in [5, 5.41) is 0.384. The number of amides is 2. The Balaban J connectivity index is 1.53. The van der Waals surface area contributed by atoms with E-state index in [0.29, 0.717) is 42.4 Å². The fourth-order valence-electron chi connectivity index (χ4n) is 4.55. The van der Waals surface area contributed by atoms with Crippen molar-refractivity contribution >= 4 is 40.8 Å². The molecule has 7 nitrogen and oxygen atoms in total. The lowest BCUT2D eigenvalue weighted by Crippen LogP contribution is -2.40. The van der Waals surface area contributed by atoms with Crippen LogP contribution in [0.4, 0.5) is 11.4 Å². The second-order valence-electron chi connectivity index (χ2n) is 8.60. The van der Waals surface area contributed by atoms with Crippen LogP contribution in [0.2, 0.25) is 5.02 Å². The van der Waals surface area contributed by atoms with Crippen molar-refractivity contribution in [3.05, 3.63) is 58.6 Å². The summed E-state index contributed by atoms with van der Waals surface area (Å²) >= 11 is 6.57. The van der Waals surface area contributed by atoms with Crippen molar-refractivity contribution in [3.63, 3.8) is 0 Å². The number of hydrogen-bond acceptors (Lipinski definition) is 5. The zero-order chi connectivity index (χ0) is 24.1. The normalized spacial score (nSPS) is 15.8. The molecule has 34 heavy (non-hydrogen) atoms. The number of benzene rings is 2. The zero-order valence-electron chi connectivity index (χ0n) is 19.5. The number of carbonyl (C=O) groups is 3. The van der Waals surface area contributed by atoms with Crippen LogP contribution in [0.3, 0.4) is 0 Å². The monoisotopic (exact) mass is 483 g/mol. The third-order valence-corrected chi connectivity index (χ3v) is 6.62. The average Bonchev–Trinajstić information content (AvgIpc) is 3.32. The third-order valence-electron chi connectivity index (χ3n) is 6.30. The van der Waals surface area contributed by atoms with Crippen molar-refractivity contribution in [3.8, 4) is 0 Å². The SMILES string of the molecule is CCOC(=O)CCCN1Cc2ccccc2N(C(=O)c2ccc(N3CCCC3)cc2Cl)CC1=O. The van der Waals surface area contributed by atoms with E-state index in [0.717, 1.165) is 37.2 Å². The Morgan fingerprint density at radius 1 is 1.06 bits per heavy atom. The molecule has 2 heterocycles. The number of para-hydroxylation sites is 1. The van der Waals surface area contributed by atoms with Gasteiger partial charge in [-0.3, -0.25) is 19.3 Å². The third kappa shape index (κ3) is 5.36. The molecular formula is C26H30ClN3O4. The van der Waals surface area contributed by atoms with Crippen LogP contribution in [0.5, 0.6) is 0 Å². The Morgan fingerprint density at radius 3 is 2.56 bits per heavy atom. The van der Waals surface area contributed by atoms with E-state index in [-0.39, 0.29) is 30.7 Å². The van der Waals surface area contributed by atoms with Crippen molar-refractivity contribution < 1.29 is 19.1 Å². The topological polar surface area (TPSA) is 70.2 Å². The van der Waals surface area contributed by atoms with Crippen LogP contribution in [0.1, 0.15) is 48.5 Å². The summed E-state index contributed by atoms with van der Waals surface area (Å²) in [5.41, 5.74) is 2.97. The van der Waals surface area contributed by atoms with E-state index >= 15 is 0 Å². The Kier molecular flexibility index (Phi) is 7.73. The van der Waals surface area contributed by atoms with E-state index in [1.807, 2.05) is 36.4 Å². The van der Waals surface area contributed by atoms with Crippen molar-refractivity contribution in [1.29, 1.82) is 0 Å². The van der Waals surface area contributed by atoms with Gasteiger partial charge in [0.2, 0.25) is 5.91 Å². The Labute approximate surface area is 205 Å². The van der Waals surface area contributed by atoms with Crippen LogP contribution in [0.15, 0.2) is 42.5 Å². The number of fused-ring (bicyclic) bond motifs is 1. The number of esters is 1. The van der Waals surface area contributed by atoms with Gasteiger partial charge in [0.15, 0.2) is 0 Å². The zero-order valence-corrected chi connectivity index (χ0v) is 20.2. The lowest BCUT2D eigenvalue weighted by atomic mass is 10.1. The molecule has 2 amide bonds. The standard InChI is InChI=1S/C26H30ClN3O4/c1-2-34-25(32)10-7-15-29-17-19-8-3-4-9-23(19)30(18-24(29)31)26(33)21-12-11-20(16-22(21)27)28-13-5-6-14-28/h3-4,8-9,11-12,16H,2,5-7,10,13-15,17-18H2,1H3. The quantitative estimate of drug-likeness (QED) is 0.550. The van der Waals surface area contributed by atoms with E-state index in [1.165, 1.54) is 4.90 Å². The highest BCUT2D eigenvalue weighted by molar-refractivity contribution is 6.35. The highest BCUT2D eigenvalue weighted by atomic mass is 35.5. The smallest absolute Gasteiger partial charge is 0.305 e. The summed E-state index contributed by atoms with van der Waals surface area (Å²) in [6.07, 6.45) is 3.06. The van der Waals surface area contributed by atoms with Crippen molar-refractivity contribution in [1.82, 2.24) is 4.90 Å². The maximum absolute atomic E-state index is 13.6. The maximum Gasteiger partial charge on any atom is 0.305 e. The van der Waals surface area contributed by atoms with Gasteiger partial charge in [-0.2, -0.15) is 0 Å². The van der Waals surface area contributed by atoms with Gasteiger partial charge in [0.1, 0.15) is 6.54 Å². The first-order valence-corrected chi connectivity index (χ1v) is 12.2. The summed E-state index contributed by atoms with van der Waals surface area (Å²) in [7, 11) is 0. The molecule has 0 unspecified atom stereocenters. The van der Waals surface area contributed by atoms with E-state index in [4.69, 9.17) is 16.3 Å². The van der Waals surface area contributed by atoms with Crippen LogP contribution >= 0.6 is 11.6 Å². The number of ether oxygens (including phenoxy) is 1. The van der Waals surface area contributed by atoms with Crippen LogP contribution in [-0.2, 0) is 20.9 Å². The lowest BCUT2D eigenvalue weighted by Gasteiger charge is -2.24. The Bertz CT molecular complexity index is 1070. The highest BCUT2D eigenvalue weighted by Crippen LogP contribution is 2.31. The van der Waals surface area contributed by atoms with Gasteiger partial charge in [0, 0.05) is 44.0 Å². The molecule has 0 radical (unpaired) electrons. The van der Waals surface area contributed by atoms with Gasteiger partial charge in [-0.05, 0) is 56.0 Å². The lowest BCUT2D eigenvalue weighted by molar-refractivity contribution is -0.143. The minimum atomic E-state index is -0.299. The average molecular weight is 484 g/mol. The molecule has 8 heteroatoms. The predicted molar refractivity (Wildman–Crippen MR) is 132 cm³/mol. The minimum absolute atomic E-state index is 0.0839. The van der Waals surface area contributed by atoms with E-state index < -0.39 is 0 Å². The first-order valence-electron chi connectivity index (χ1n) is 11.9. The van der Waals surface area contributed by atoms with Gasteiger partial charge < -0.3 is 14.5 Å². The number of halogens is 1. The maximum atomic E-state index is 13.6. The van der Waals surface area contributed by atoms with Gasteiger partial charge in [-0.25, -0.2) is 0 Å². The van der Waals surface area contributed by atoms with Crippen LogP contribution < -0.4 is 9.80 Å². The van der Waals surface area contributed by atoms with E-state index in [2.05, 4.69) is 4.90 Å². The van der Waals surface area contributed by atoms with E-state index in [9.17, 15) is 14.4 Å². The second-order valence-corrected chi connectivity index (χ2v) is 9.01. The molecule has 1 saturated heterocycles. The molecular weight excluding hydrogens is 454 g/mol. The molecule has 180 valence electrons. The van der Waals surface area contributed by atoms with Crippen molar-refractivity contribution in [2.75, 3.05) is 42.6 Å². The number of carbonyl (C=O) groups excluding carboxylic acids is 3. The van der Waals surface area contributed by atoms with Gasteiger partial charge in [-0.15, -0.1) is 0 Å². The van der Waals surface area contributed by atoms with Crippen LogP contribution in [0.25, 0.3) is 0 Å². The fraction of sp³-hybridized carbons (Fsp3) is 0.423. The van der Waals surface area contributed by atoms with Crippen LogP contribution in [0, 0.1) is 0 Å². The predicted octanol–water partition coefficient (Wildman–Crippen LogP) is 4.27. The van der Waals surface area contributed by atoms with E-state index in [1.54, 1.807) is 17.9 Å². The first-order chi connectivity index (χ1) is 16.5. The number of nitrogens with zero attached hydrogens (tertiary/aromatic N) is 3. The molecule has 2 aliphatic heterocycles. The minimum Gasteiger partial charge on any atom is -0.466 e. The Morgan fingerprint density at radius 2 is 1.82 bits per heavy atom. The van der Waals surface area contributed by atoms with Gasteiger partial charge in [0.25, 0.3) is 5.91 Å². The number of rotatable bonds is 7. The summed E-state index contributed by atoms with van der Waals surface area (Å²) in [5.74, 6) is -0.737. The molecule has 2 aliphatic rings. The molecule has 0 saturated carbocycles. The Hall–Kier alpha value is -3.06. The summed E-state index contributed by atoms with van der Waals surface area (Å²) < 4.78 is 4.98. The molecule has 0 aromatic heterocycles. The molecule has 0 atom stereocenters. The summed E-state index contributed by atoms with van der Waals surface area (Å²) in [6, 6.07) is 13.1. The van der Waals surface area contributed by atoms with Gasteiger partial charge in [0.05, 0.1) is 17.2 Å². The summed E-state index contributed by atoms with van der Waals surface area (Å²) in [4.78, 5) is 43.9. The van der Waals surface area contributed by atoms with Crippen molar-refractivity contribution in [2.24, 2.45) is 0 Å². The fourth-order valence-corrected chi connectivity index (χ4v) is 4.80. The van der Waals surface area contributed by atoms with Gasteiger partial charge >= 0.3 is 5.97 Å². The highest BCUT2D eigenvalue weighted by Gasteiger charge is 2.30. The largest absolute Gasteiger partial charge is 0.466 e. The molecule has 0 spiro atoms.